The molecule has 1 fully saturated rings. The highest BCUT2D eigenvalue weighted by Crippen LogP contribution is 2.56. The Bertz CT molecular complexity index is 674. The van der Waals surface area contributed by atoms with Gasteiger partial charge in [-0.1, -0.05) is 18.2 Å². The van der Waals surface area contributed by atoms with Crippen LogP contribution in [0.5, 0.6) is 0 Å². The highest BCUT2D eigenvalue weighted by molar-refractivity contribution is 8.01. The summed E-state index contributed by atoms with van der Waals surface area (Å²) in [4.78, 5) is 27.4. The third-order valence-corrected chi connectivity index (χ3v) is 6.15. The normalized spacial score (nSPS) is 23.7. The first kappa shape index (κ1) is 18.3. The fraction of sp³-hybridized carbons (Fsp3) is 0.579. The zero-order valence-corrected chi connectivity index (χ0v) is 16.1. The smallest absolute Gasteiger partial charge is 0.256 e. The van der Waals surface area contributed by atoms with E-state index in [0.717, 1.165) is 17.5 Å². The van der Waals surface area contributed by atoms with Gasteiger partial charge in [0.1, 0.15) is 11.4 Å². The molecule has 3 rings (SSSR count). The first-order valence-corrected chi connectivity index (χ1v) is 9.69. The number of benzene rings is 1. The second-order valence-corrected chi connectivity index (χ2v) is 9.07. The number of thioether (sulfide) groups is 1. The molecule has 0 aromatic heterocycles. The molecular weight excluding hydrogens is 336 g/mol. The molecule has 0 aliphatic carbocycles. The van der Waals surface area contributed by atoms with E-state index in [0.29, 0.717) is 13.2 Å². The first-order valence-electron chi connectivity index (χ1n) is 8.81. The summed E-state index contributed by atoms with van der Waals surface area (Å²) in [6.07, 6.45) is 0.962. The number of fused-ring (bicyclic) bond motifs is 3. The van der Waals surface area contributed by atoms with Crippen LogP contribution in [0.1, 0.15) is 55.4 Å². The lowest BCUT2D eigenvalue weighted by molar-refractivity contribution is -0.126. The van der Waals surface area contributed by atoms with Crippen molar-refractivity contribution in [2.75, 3.05) is 13.2 Å². The van der Waals surface area contributed by atoms with Crippen LogP contribution in [0.4, 0.5) is 0 Å². The predicted molar refractivity (Wildman–Crippen MR) is 99.5 cm³/mol. The van der Waals surface area contributed by atoms with E-state index in [2.05, 4.69) is 5.32 Å². The fourth-order valence-electron chi connectivity index (χ4n) is 3.50. The molecule has 0 spiro atoms. The van der Waals surface area contributed by atoms with E-state index in [1.807, 2.05) is 52.0 Å². The van der Waals surface area contributed by atoms with Crippen molar-refractivity contribution in [1.82, 2.24) is 10.2 Å². The Hall–Kier alpha value is -1.53. The number of hydrogen-bond donors (Lipinski definition) is 1. The van der Waals surface area contributed by atoms with Crippen molar-refractivity contribution >= 4 is 23.6 Å². The number of hydrogen-bond acceptors (Lipinski definition) is 4. The Morgan fingerprint density at radius 1 is 1.36 bits per heavy atom. The van der Waals surface area contributed by atoms with Gasteiger partial charge in [-0.2, -0.15) is 0 Å². The number of carbonyl (C=O) groups excluding carboxylic acids is 2. The van der Waals surface area contributed by atoms with Gasteiger partial charge in [-0.25, -0.2) is 0 Å². The highest BCUT2D eigenvalue weighted by Gasteiger charge is 2.57. The average molecular weight is 362 g/mol. The van der Waals surface area contributed by atoms with Crippen molar-refractivity contribution in [1.29, 1.82) is 0 Å². The predicted octanol–water partition coefficient (Wildman–Crippen LogP) is 2.97. The maximum atomic E-state index is 12.8. The molecule has 2 aliphatic heterocycles. The Labute approximate surface area is 153 Å². The fourth-order valence-corrected chi connectivity index (χ4v) is 5.09. The minimum absolute atomic E-state index is 0.0398. The molecule has 2 amide bonds. The van der Waals surface area contributed by atoms with Crippen LogP contribution in [0.3, 0.4) is 0 Å². The molecule has 136 valence electrons. The summed E-state index contributed by atoms with van der Waals surface area (Å²) in [6, 6.07) is 7.20. The van der Waals surface area contributed by atoms with Crippen LogP contribution >= 0.6 is 11.8 Å². The SMILES string of the molecule is CC(C)OCCCNC(=O)[C@@H]1N2C(=O)c3ccccc3[C@@H]2SC1(C)C. The van der Waals surface area contributed by atoms with Gasteiger partial charge in [0.25, 0.3) is 5.91 Å². The van der Waals surface area contributed by atoms with Crippen LogP contribution in [0, 0.1) is 0 Å². The van der Waals surface area contributed by atoms with Crippen LogP contribution in [0.15, 0.2) is 24.3 Å². The van der Waals surface area contributed by atoms with Crippen LogP contribution in [-0.4, -0.2) is 46.8 Å². The number of amides is 2. The van der Waals surface area contributed by atoms with Gasteiger partial charge in [-0.15, -0.1) is 11.8 Å². The zero-order chi connectivity index (χ0) is 18.2. The van der Waals surface area contributed by atoms with Crippen molar-refractivity contribution in [3.05, 3.63) is 35.4 Å². The zero-order valence-electron chi connectivity index (χ0n) is 15.2. The van der Waals surface area contributed by atoms with Gasteiger partial charge in [0.05, 0.1) is 6.10 Å². The molecule has 0 saturated carbocycles. The molecule has 0 radical (unpaired) electrons. The number of rotatable bonds is 6. The molecule has 1 N–H and O–H groups in total. The minimum Gasteiger partial charge on any atom is -0.379 e. The molecule has 25 heavy (non-hydrogen) atoms. The summed E-state index contributed by atoms with van der Waals surface area (Å²) in [7, 11) is 0. The summed E-state index contributed by atoms with van der Waals surface area (Å²) in [6.45, 7) is 9.25. The van der Waals surface area contributed by atoms with Crippen molar-refractivity contribution in [2.45, 2.75) is 56.4 Å². The Kier molecular flexibility index (Phi) is 5.11. The van der Waals surface area contributed by atoms with E-state index in [4.69, 9.17) is 4.74 Å². The van der Waals surface area contributed by atoms with E-state index in [1.54, 1.807) is 16.7 Å². The molecule has 1 aromatic rings. The molecule has 0 unspecified atom stereocenters. The summed E-state index contributed by atoms with van der Waals surface area (Å²) in [5, 5.41) is 2.92. The van der Waals surface area contributed by atoms with Crippen molar-refractivity contribution in [3.63, 3.8) is 0 Å². The summed E-state index contributed by atoms with van der Waals surface area (Å²) in [5.74, 6) is -0.118. The molecule has 1 saturated heterocycles. The molecule has 2 aliphatic rings. The van der Waals surface area contributed by atoms with Crippen LogP contribution < -0.4 is 5.32 Å². The van der Waals surface area contributed by atoms with Gasteiger partial charge in [0.15, 0.2) is 0 Å². The first-order chi connectivity index (χ1) is 11.8. The summed E-state index contributed by atoms with van der Waals surface area (Å²) < 4.78 is 5.17. The molecule has 0 bridgehead atoms. The lowest BCUT2D eigenvalue weighted by Crippen LogP contribution is -2.52. The number of carbonyl (C=O) groups is 2. The van der Waals surface area contributed by atoms with Gasteiger partial charge in [-0.05, 0) is 45.7 Å². The lowest BCUT2D eigenvalue weighted by atomic mass is 10.0. The number of nitrogens with zero attached hydrogens (tertiary/aromatic N) is 1. The van der Waals surface area contributed by atoms with Crippen LogP contribution in [0.2, 0.25) is 0 Å². The third-order valence-electron chi connectivity index (χ3n) is 4.62. The standard InChI is InChI=1S/C19H26N2O3S/c1-12(2)24-11-7-10-20-16(22)15-19(3,4)25-18-14-9-6-5-8-13(14)17(23)21(15)18/h5-6,8-9,12,15,18H,7,10-11H2,1-4H3,(H,20,22)/t15-,18-/m0/s1. The second kappa shape index (κ2) is 7.00. The van der Waals surface area contributed by atoms with Crippen molar-refractivity contribution in [2.24, 2.45) is 0 Å². The molecule has 2 heterocycles. The van der Waals surface area contributed by atoms with Crippen LogP contribution in [0.25, 0.3) is 0 Å². The molecule has 2 atom stereocenters. The van der Waals surface area contributed by atoms with E-state index >= 15 is 0 Å². The van der Waals surface area contributed by atoms with Gasteiger partial charge < -0.3 is 15.0 Å². The molecule has 6 heteroatoms. The van der Waals surface area contributed by atoms with Crippen molar-refractivity contribution < 1.29 is 14.3 Å². The quantitative estimate of drug-likeness (QED) is 0.791. The Morgan fingerprint density at radius 2 is 2.08 bits per heavy atom. The van der Waals surface area contributed by atoms with Gasteiger partial charge in [0, 0.05) is 23.5 Å². The van der Waals surface area contributed by atoms with Gasteiger partial charge >= 0.3 is 0 Å². The number of ether oxygens (including phenoxy) is 1. The largest absolute Gasteiger partial charge is 0.379 e. The molecular formula is C19H26N2O3S. The Balaban J connectivity index is 1.69. The van der Waals surface area contributed by atoms with Gasteiger partial charge in [-0.3, -0.25) is 9.59 Å². The highest BCUT2D eigenvalue weighted by atomic mass is 32.2. The van der Waals surface area contributed by atoms with E-state index in [-0.39, 0.29) is 28.0 Å². The average Bonchev–Trinajstić information content (AvgIpc) is 2.97. The maximum absolute atomic E-state index is 12.8. The van der Waals surface area contributed by atoms with Gasteiger partial charge in [0.2, 0.25) is 5.91 Å². The topological polar surface area (TPSA) is 58.6 Å². The second-order valence-electron chi connectivity index (χ2n) is 7.34. The third kappa shape index (κ3) is 3.42. The number of nitrogens with one attached hydrogen (secondary N) is 1. The minimum atomic E-state index is -0.464. The summed E-state index contributed by atoms with van der Waals surface area (Å²) >= 11 is 1.69. The summed E-state index contributed by atoms with van der Waals surface area (Å²) in [5.41, 5.74) is 1.74. The molecule has 5 nitrogen and oxygen atoms in total. The van der Waals surface area contributed by atoms with Crippen molar-refractivity contribution in [3.8, 4) is 0 Å². The van der Waals surface area contributed by atoms with E-state index < -0.39 is 6.04 Å². The maximum Gasteiger partial charge on any atom is 0.256 e. The Morgan fingerprint density at radius 3 is 2.80 bits per heavy atom. The lowest BCUT2D eigenvalue weighted by Gasteiger charge is -2.29. The van der Waals surface area contributed by atoms with Crippen LogP contribution in [-0.2, 0) is 9.53 Å². The molecule has 1 aromatic carbocycles. The van der Waals surface area contributed by atoms with E-state index in [9.17, 15) is 9.59 Å². The monoisotopic (exact) mass is 362 g/mol. The van der Waals surface area contributed by atoms with E-state index in [1.165, 1.54) is 0 Å².